The van der Waals surface area contributed by atoms with Gasteiger partial charge in [-0.15, -0.1) is 65.4 Å². The topological polar surface area (TPSA) is 229 Å². The maximum atomic E-state index is 11.8. The first kappa shape index (κ1) is 82.0. The summed E-state index contributed by atoms with van der Waals surface area (Å²) in [6.07, 6.45) is 2.72. The number of nitrogens with one attached hydrogen (secondary N) is 1. The smallest absolute Gasteiger partial charge is 0.328 e. The average molecular weight is 1520 g/mol. The lowest BCUT2D eigenvalue weighted by Gasteiger charge is -2.36. The molecule has 11 rings (SSSR count). The Hall–Kier alpha value is -3.47. The fraction of sp³-hybridized carbons (Fsp3) is 0.541. The highest BCUT2D eigenvalue weighted by molar-refractivity contribution is 8.03. The predicted molar refractivity (Wildman–Crippen MR) is 402 cm³/mol. The highest BCUT2D eigenvalue weighted by Crippen LogP contribution is 2.28. The molecule has 3 unspecified atom stereocenters. The molecule has 8 fully saturated rings. The second-order valence-electron chi connectivity index (χ2n) is 26.2. The molecule has 8 aliphatic heterocycles. The minimum Gasteiger partial charge on any atom is -0.518 e. The zero-order valence-corrected chi connectivity index (χ0v) is 69.1. The van der Waals surface area contributed by atoms with Gasteiger partial charge in [-0.3, -0.25) is 48.2 Å². The van der Waals surface area contributed by atoms with Crippen LogP contribution in [0.3, 0.4) is 0 Å². The van der Waals surface area contributed by atoms with E-state index in [4.69, 9.17) is 35.4 Å². The van der Waals surface area contributed by atoms with E-state index >= 15 is 0 Å². The van der Waals surface area contributed by atoms with Crippen molar-refractivity contribution in [2.45, 2.75) is 104 Å². The SMILES string of the molecule is C=C[Si]1(C)CSCC(=O)O1.CC1SC[Si](C)(C)OC1=O.CC[Si]1(CC)CSCC(=O)O1.CN1CC(=O)O[Si](C)(C)C1.CN1CC(=O)O[Si](C)(c2ccccc2)C1.C[Si]1(C)CNCC(=O)O1.C[Si]1(C)CSCC(=O)O1.O=C1CSC[Si](c2ccccc2)(c2ccccc2)O1. The van der Waals surface area contributed by atoms with E-state index in [2.05, 4.69) is 108 Å². The van der Waals surface area contributed by atoms with Crippen molar-refractivity contribution in [2.24, 2.45) is 0 Å². The van der Waals surface area contributed by atoms with Gasteiger partial charge in [0.05, 0.1) is 47.9 Å². The van der Waals surface area contributed by atoms with Crippen LogP contribution in [0.4, 0.5) is 0 Å². The summed E-state index contributed by atoms with van der Waals surface area (Å²) >= 11 is 8.50. The summed E-state index contributed by atoms with van der Waals surface area (Å²) in [5.74, 6) is 1.63. The Morgan fingerprint density at radius 2 is 0.903 bits per heavy atom. The van der Waals surface area contributed by atoms with Crippen LogP contribution in [0.25, 0.3) is 0 Å². The van der Waals surface area contributed by atoms with E-state index in [1.807, 2.05) is 111 Å². The largest absolute Gasteiger partial charge is 0.518 e. The third-order valence-electron chi connectivity index (χ3n) is 14.7. The number of likely N-dealkylation sites (N-methyl/N-ethyl adjacent to an activating group) is 2. The summed E-state index contributed by atoms with van der Waals surface area (Å²) < 4.78 is 42.9. The fourth-order valence-corrected chi connectivity index (χ4v) is 39.3. The van der Waals surface area contributed by atoms with E-state index < -0.39 is 66.5 Å². The van der Waals surface area contributed by atoms with E-state index in [-0.39, 0.29) is 53.0 Å². The second kappa shape index (κ2) is 38.0. The van der Waals surface area contributed by atoms with Crippen molar-refractivity contribution in [3.05, 3.63) is 103 Å². The molecule has 93 heavy (non-hydrogen) atoms. The summed E-state index contributed by atoms with van der Waals surface area (Å²) in [5, 5.41) is 11.6. The standard InChI is InChI=1S/C15H14O2SSi.C11H15NO2Si.C7H14O2SSi.C6H13NO2Si.C6H12O2SSi.C6H10O2SSi.C5H11NO2Si.C5H10O2SSi/c16-15-11-18-12-19(17-15,13-7-3-1-4-8-13)14-9-5-2-6-10-14;1-12-8-11(13)14-15(2,9-12)10-6-4-3-5-7-10;1-3-11(4-2)6-10-5-7(8)9-11;1-7-4-6(8)9-10(2,3)5-7;1-5-6(7)8-10(2,3)4-9-5;1-3-10(2)5-9-4-6(7)8-10;1-9(2)4-6-3-5(7)8-9;1-9(2)4-8-3-5(6)7-9/h1-10H,11-12H2;3-7H,8-9H2,1-2H3;3-6H2,1-2H3;4-5H2,1-3H3;5H,4H2,1-3H3;3H,1,4-5H2,2H3;6H,3-4H2,1-2H3;3-4H2,1-2H3. The number of hydrogen-bond acceptors (Lipinski definition) is 24. The number of benzene rings is 3. The molecule has 0 aromatic heterocycles. The highest BCUT2D eigenvalue weighted by Gasteiger charge is 2.46. The van der Waals surface area contributed by atoms with Crippen molar-refractivity contribution in [1.29, 1.82) is 0 Å². The van der Waals surface area contributed by atoms with E-state index in [1.54, 1.807) is 58.8 Å². The lowest BCUT2D eigenvalue weighted by atomic mass is 10.4. The molecule has 0 amide bonds. The van der Waals surface area contributed by atoms with E-state index in [0.29, 0.717) is 42.6 Å². The molecule has 0 bridgehead atoms. The van der Waals surface area contributed by atoms with Gasteiger partial charge in [0.2, 0.25) is 0 Å². The number of carbonyl (C=O) groups excluding carboxylic acids is 8. The first-order chi connectivity index (χ1) is 43.5. The van der Waals surface area contributed by atoms with Gasteiger partial charge in [-0.1, -0.05) is 111 Å². The van der Waals surface area contributed by atoms with Crippen LogP contribution in [0.5, 0.6) is 0 Å². The van der Waals surface area contributed by atoms with Crippen LogP contribution in [0, 0.1) is 0 Å². The van der Waals surface area contributed by atoms with Crippen LogP contribution in [-0.4, -0.2) is 231 Å². The molecule has 8 aliphatic rings. The number of nitrogens with zero attached hydrogens (tertiary/aromatic N) is 2. The molecule has 32 heteroatoms. The Morgan fingerprint density at radius 1 is 0.473 bits per heavy atom. The first-order valence-electron chi connectivity index (χ1n) is 31.1. The molecule has 3 aromatic rings. The summed E-state index contributed by atoms with van der Waals surface area (Å²) in [4.78, 5) is 92.3. The lowest BCUT2D eigenvalue weighted by Crippen LogP contribution is -2.66. The molecule has 516 valence electrons. The summed E-state index contributed by atoms with van der Waals surface area (Å²) in [7, 11) is -10.3. The number of thioether (sulfide) groups is 5. The van der Waals surface area contributed by atoms with Crippen LogP contribution in [0.1, 0.15) is 20.8 Å². The van der Waals surface area contributed by atoms with Crippen LogP contribution in [0.15, 0.2) is 103 Å². The van der Waals surface area contributed by atoms with Gasteiger partial charge in [0.25, 0.3) is 58.2 Å². The van der Waals surface area contributed by atoms with Crippen LogP contribution in [-0.2, 0) is 73.8 Å². The quantitative estimate of drug-likeness (QED) is 0.235. The maximum Gasteiger partial charge on any atom is 0.328 e. The predicted octanol–water partition coefficient (Wildman–Crippen LogP) is 7.52. The molecular weight excluding hydrogens is 1420 g/mol. The lowest BCUT2D eigenvalue weighted by molar-refractivity contribution is -0.138. The Kier molecular flexibility index (Phi) is 33.5. The van der Waals surface area contributed by atoms with Gasteiger partial charge in [0.15, 0.2) is 0 Å². The Balaban J connectivity index is 0.000000230. The van der Waals surface area contributed by atoms with Crippen molar-refractivity contribution in [2.75, 3.05) is 102 Å². The molecule has 8 saturated heterocycles. The molecule has 3 aromatic carbocycles. The van der Waals surface area contributed by atoms with Gasteiger partial charge in [-0.05, 0) is 114 Å². The van der Waals surface area contributed by atoms with Gasteiger partial charge < -0.3 is 40.7 Å². The van der Waals surface area contributed by atoms with Gasteiger partial charge in [-0.25, -0.2) is 0 Å². The van der Waals surface area contributed by atoms with Crippen LogP contribution >= 0.6 is 58.8 Å². The van der Waals surface area contributed by atoms with Crippen molar-refractivity contribution < 1.29 is 73.8 Å². The van der Waals surface area contributed by atoms with Crippen LogP contribution < -0.4 is 20.9 Å². The monoisotopic (exact) mass is 1510 g/mol. The molecule has 0 aliphatic carbocycles. The Bertz CT molecular complexity index is 2900. The van der Waals surface area contributed by atoms with Gasteiger partial charge in [0, 0.05) is 45.4 Å². The first-order valence-corrected chi connectivity index (χ1v) is 59.2. The third-order valence-corrected chi connectivity index (χ3v) is 49.4. The average Bonchev–Trinajstić information content (AvgIpc) is 0.779. The molecule has 0 saturated carbocycles. The van der Waals surface area contributed by atoms with Crippen molar-refractivity contribution in [1.82, 2.24) is 15.1 Å². The zero-order valence-electron chi connectivity index (χ0n) is 57.0. The fourth-order valence-electron chi connectivity index (χ4n) is 10.1. The molecule has 0 radical (unpaired) electrons. The van der Waals surface area contributed by atoms with Crippen molar-refractivity contribution in [3.63, 3.8) is 0 Å². The van der Waals surface area contributed by atoms with Crippen LogP contribution in [0.2, 0.25) is 77.6 Å². The normalized spacial score (nSPS) is 25.4. The van der Waals surface area contributed by atoms with Gasteiger partial charge >= 0.3 is 56.1 Å². The van der Waals surface area contributed by atoms with Gasteiger partial charge in [0.1, 0.15) is 0 Å². The Labute approximate surface area is 581 Å². The number of hydrogen-bond donors (Lipinski definition) is 1. The summed E-state index contributed by atoms with van der Waals surface area (Å²) in [5.41, 5.74) is 1.82. The molecule has 1 N–H and O–H groups in total. The minimum atomic E-state index is -2.38. The molecule has 3 atom stereocenters. The molecule has 19 nitrogen and oxygen atoms in total. The maximum absolute atomic E-state index is 11.8. The molecule has 0 spiro atoms. The summed E-state index contributed by atoms with van der Waals surface area (Å²) in [6, 6.07) is 32.6. The van der Waals surface area contributed by atoms with E-state index in [9.17, 15) is 38.4 Å². The van der Waals surface area contributed by atoms with Crippen molar-refractivity contribution in [3.8, 4) is 0 Å². The van der Waals surface area contributed by atoms with E-state index in [0.717, 1.165) is 57.5 Å². The van der Waals surface area contributed by atoms with Crippen molar-refractivity contribution >= 4 is 189 Å². The Morgan fingerprint density at radius 3 is 1.27 bits per heavy atom. The van der Waals surface area contributed by atoms with E-state index in [1.165, 1.54) is 15.6 Å². The van der Waals surface area contributed by atoms with Gasteiger partial charge in [-0.2, -0.15) is 0 Å². The molecule has 8 heterocycles. The highest BCUT2D eigenvalue weighted by atomic mass is 32.2. The second-order valence-corrected chi connectivity index (χ2v) is 65.2. The minimum absolute atomic E-state index is 0.0108. The third kappa shape index (κ3) is 29.3. The zero-order chi connectivity index (χ0) is 69.3. The molecular formula is C61H99N3O16S5Si8. The number of rotatable bonds is 6. The summed E-state index contributed by atoms with van der Waals surface area (Å²) in [6.45, 7) is 31.6. The number of carbonyl (C=O) groups is 8.